The number of nitrogens with zero attached hydrogens (tertiary/aromatic N) is 4. The fourth-order valence-corrected chi connectivity index (χ4v) is 3.91. The third kappa shape index (κ3) is 6.75. The molecular formula is C24H33N5O2. The molecule has 2 saturated heterocycles. The Hall–Kier alpha value is -2.48. The molecule has 31 heavy (non-hydrogen) atoms. The minimum atomic E-state index is 0.528. The van der Waals surface area contributed by atoms with Gasteiger partial charge in [0, 0.05) is 63.8 Å². The molecule has 7 heteroatoms. The summed E-state index contributed by atoms with van der Waals surface area (Å²) in [7, 11) is 0. The lowest BCUT2D eigenvalue weighted by Crippen LogP contribution is -2.44. The van der Waals surface area contributed by atoms with E-state index in [0.29, 0.717) is 19.0 Å². The van der Waals surface area contributed by atoms with Crippen molar-refractivity contribution in [2.45, 2.75) is 13.5 Å². The standard InChI is InChI=1S/C24H33N5O2/c1-20-3-2-4-21(15-20)18-26-19-22-16-23(29-10-12-30-13-11-29)17-24(27-22)31-14-9-28-7-5-25-6-8-28/h2-4,15-18,25H,5-14,19H2,1H3. The molecule has 0 aliphatic carbocycles. The van der Waals surface area contributed by atoms with Crippen molar-refractivity contribution < 1.29 is 9.47 Å². The molecule has 2 fully saturated rings. The van der Waals surface area contributed by atoms with Crippen LogP contribution >= 0.6 is 0 Å². The second-order valence-electron chi connectivity index (χ2n) is 8.08. The summed E-state index contributed by atoms with van der Waals surface area (Å²) in [5.74, 6) is 0.680. The average molecular weight is 424 g/mol. The second kappa shape index (κ2) is 11.2. The van der Waals surface area contributed by atoms with Crippen LogP contribution in [0.5, 0.6) is 5.88 Å². The lowest BCUT2D eigenvalue weighted by atomic mass is 10.1. The molecule has 0 atom stereocenters. The number of pyridine rings is 1. The molecule has 0 radical (unpaired) electrons. The normalized spacial score (nSPS) is 17.9. The molecule has 1 aromatic carbocycles. The SMILES string of the molecule is Cc1cccc(C=NCc2cc(N3CCOCC3)cc(OCCN3CCNCC3)n2)c1. The van der Waals surface area contributed by atoms with E-state index in [4.69, 9.17) is 14.5 Å². The highest BCUT2D eigenvalue weighted by molar-refractivity contribution is 5.79. The first-order valence-electron chi connectivity index (χ1n) is 11.2. The van der Waals surface area contributed by atoms with Gasteiger partial charge in [0.05, 0.1) is 25.5 Å². The van der Waals surface area contributed by atoms with Crippen molar-refractivity contribution in [3.8, 4) is 5.88 Å². The zero-order valence-electron chi connectivity index (χ0n) is 18.4. The van der Waals surface area contributed by atoms with Crippen molar-refractivity contribution in [3.63, 3.8) is 0 Å². The number of rotatable bonds is 8. The van der Waals surface area contributed by atoms with Gasteiger partial charge >= 0.3 is 0 Å². The number of morpholine rings is 1. The van der Waals surface area contributed by atoms with Crippen LogP contribution in [0, 0.1) is 6.92 Å². The number of hydrogen-bond acceptors (Lipinski definition) is 7. The molecule has 2 aliphatic rings. The Morgan fingerprint density at radius 3 is 2.77 bits per heavy atom. The number of ether oxygens (including phenoxy) is 2. The number of aliphatic imine (C=N–C) groups is 1. The third-order valence-corrected chi connectivity index (χ3v) is 5.62. The number of benzene rings is 1. The van der Waals surface area contributed by atoms with Crippen molar-refractivity contribution >= 4 is 11.9 Å². The van der Waals surface area contributed by atoms with Crippen LogP contribution in [0.25, 0.3) is 0 Å². The van der Waals surface area contributed by atoms with Gasteiger partial charge in [0.25, 0.3) is 0 Å². The minimum absolute atomic E-state index is 0.528. The van der Waals surface area contributed by atoms with Crippen LogP contribution in [-0.2, 0) is 11.3 Å². The maximum atomic E-state index is 6.08. The summed E-state index contributed by atoms with van der Waals surface area (Å²) in [6.45, 7) is 11.7. The average Bonchev–Trinajstić information content (AvgIpc) is 2.80. The number of piperazine rings is 1. The van der Waals surface area contributed by atoms with E-state index >= 15 is 0 Å². The molecule has 2 aromatic rings. The van der Waals surface area contributed by atoms with Gasteiger partial charge in [-0.25, -0.2) is 4.98 Å². The Labute approximate surface area is 185 Å². The highest BCUT2D eigenvalue weighted by atomic mass is 16.5. The Balaban J connectivity index is 1.43. The fraction of sp³-hybridized carbons (Fsp3) is 0.500. The number of anilines is 1. The number of nitrogens with one attached hydrogen (secondary N) is 1. The van der Waals surface area contributed by atoms with E-state index in [-0.39, 0.29) is 0 Å². The van der Waals surface area contributed by atoms with Gasteiger partial charge in [-0.15, -0.1) is 0 Å². The zero-order valence-corrected chi connectivity index (χ0v) is 18.4. The van der Waals surface area contributed by atoms with Gasteiger partial charge in [0.2, 0.25) is 5.88 Å². The van der Waals surface area contributed by atoms with Gasteiger partial charge in [-0.2, -0.15) is 0 Å². The van der Waals surface area contributed by atoms with Crippen LogP contribution in [0.15, 0.2) is 41.4 Å². The first-order chi connectivity index (χ1) is 15.3. The maximum Gasteiger partial charge on any atom is 0.215 e. The predicted octanol–water partition coefficient (Wildman–Crippen LogP) is 2.13. The van der Waals surface area contributed by atoms with E-state index < -0.39 is 0 Å². The largest absolute Gasteiger partial charge is 0.476 e. The number of aryl methyl sites for hydroxylation is 1. The maximum absolute atomic E-state index is 6.08. The van der Waals surface area contributed by atoms with Gasteiger partial charge in [0.15, 0.2) is 0 Å². The zero-order chi connectivity index (χ0) is 21.3. The quantitative estimate of drug-likeness (QED) is 0.657. The number of aromatic nitrogens is 1. The Kier molecular flexibility index (Phi) is 7.87. The summed E-state index contributed by atoms with van der Waals surface area (Å²) in [5, 5.41) is 3.38. The van der Waals surface area contributed by atoms with Gasteiger partial charge in [-0.05, 0) is 18.6 Å². The molecule has 166 valence electrons. The molecule has 1 N–H and O–H groups in total. The molecule has 0 amide bonds. The van der Waals surface area contributed by atoms with Gasteiger partial charge in [0.1, 0.15) is 6.61 Å². The fourth-order valence-electron chi connectivity index (χ4n) is 3.91. The van der Waals surface area contributed by atoms with Crippen molar-refractivity contribution in [2.24, 2.45) is 4.99 Å². The van der Waals surface area contributed by atoms with E-state index in [1.165, 1.54) is 5.56 Å². The summed E-state index contributed by atoms with van der Waals surface area (Å²) >= 11 is 0. The molecule has 0 bridgehead atoms. The lowest BCUT2D eigenvalue weighted by Gasteiger charge is -2.29. The molecule has 0 spiro atoms. The first-order valence-corrected chi connectivity index (χ1v) is 11.2. The van der Waals surface area contributed by atoms with Gasteiger partial charge in [-0.1, -0.05) is 29.8 Å². The summed E-state index contributed by atoms with van der Waals surface area (Å²) in [4.78, 5) is 14.1. The Bertz CT molecular complexity index is 861. The molecule has 3 heterocycles. The lowest BCUT2D eigenvalue weighted by molar-refractivity contribution is 0.122. The van der Waals surface area contributed by atoms with Crippen LogP contribution in [-0.4, -0.2) is 81.7 Å². The molecule has 2 aliphatic heterocycles. The van der Waals surface area contributed by atoms with Crippen molar-refractivity contribution in [2.75, 3.05) is 70.5 Å². The first kappa shape index (κ1) is 21.7. The highest BCUT2D eigenvalue weighted by Crippen LogP contribution is 2.23. The van der Waals surface area contributed by atoms with Crippen molar-refractivity contribution in [1.82, 2.24) is 15.2 Å². The molecule has 4 rings (SSSR count). The van der Waals surface area contributed by atoms with E-state index in [0.717, 1.165) is 76.0 Å². The predicted molar refractivity (Wildman–Crippen MR) is 125 cm³/mol. The highest BCUT2D eigenvalue weighted by Gasteiger charge is 2.15. The Morgan fingerprint density at radius 1 is 1.13 bits per heavy atom. The van der Waals surface area contributed by atoms with E-state index in [1.807, 2.05) is 6.21 Å². The summed E-state index contributed by atoms with van der Waals surface area (Å²) < 4.78 is 11.6. The monoisotopic (exact) mass is 423 g/mol. The van der Waals surface area contributed by atoms with Crippen LogP contribution in [0.4, 0.5) is 5.69 Å². The topological polar surface area (TPSA) is 62.2 Å². The van der Waals surface area contributed by atoms with E-state index in [2.05, 4.69) is 63.4 Å². The van der Waals surface area contributed by atoms with E-state index in [9.17, 15) is 0 Å². The molecule has 0 unspecified atom stereocenters. The van der Waals surface area contributed by atoms with E-state index in [1.54, 1.807) is 0 Å². The van der Waals surface area contributed by atoms with Gasteiger partial charge in [-0.3, -0.25) is 9.89 Å². The van der Waals surface area contributed by atoms with Gasteiger partial charge < -0.3 is 19.7 Å². The second-order valence-corrected chi connectivity index (χ2v) is 8.08. The minimum Gasteiger partial charge on any atom is -0.476 e. The smallest absolute Gasteiger partial charge is 0.215 e. The van der Waals surface area contributed by atoms with Crippen LogP contribution in [0.3, 0.4) is 0 Å². The summed E-state index contributed by atoms with van der Waals surface area (Å²) in [5.41, 5.74) is 4.40. The van der Waals surface area contributed by atoms with Crippen LogP contribution in [0.2, 0.25) is 0 Å². The number of hydrogen-bond donors (Lipinski definition) is 1. The van der Waals surface area contributed by atoms with Crippen LogP contribution < -0.4 is 15.0 Å². The summed E-state index contributed by atoms with van der Waals surface area (Å²) in [6, 6.07) is 12.5. The molecule has 7 nitrogen and oxygen atoms in total. The molecule has 0 saturated carbocycles. The molecule has 1 aromatic heterocycles. The van der Waals surface area contributed by atoms with Crippen molar-refractivity contribution in [3.05, 3.63) is 53.2 Å². The Morgan fingerprint density at radius 2 is 1.97 bits per heavy atom. The third-order valence-electron chi connectivity index (χ3n) is 5.62. The van der Waals surface area contributed by atoms with Crippen LogP contribution in [0.1, 0.15) is 16.8 Å². The van der Waals surface area contributed by atoms with Crippen molar-refractivity contribution in [1.29, 1.82) is 0 Å². The molecular weight excluding hydrogens is 390 g/mol. The summed E-state index contributed by atoms with van der Waals surface area (Å²) in [6.07, 6.45) is 1.92.